The first-order chi connectivity index (χ1) is 29.9. The molecule has 0 saturated heterocycles. The number of nitrogens with zero attached hydrogens (tertiary/aromatic N) is 2. The first-order valence-corrected chi connectivity index (χ1v) is 23.3. The number of aliphatic hydroxyl groups is 2. The van der Waals surface area contributed by atoms with Crippen molar-refractivity contribution < 1.29 is 34.1 Å². The van der Waals surface area contributed by atoms with Crippen molar-refractivity contribution in [2.24, 2.45) is 28.8 Å². The molecule has 2 saturated carbocycles. The van der Waals surface area contributed by atoms with Crippen molar-refractivity contribution >= 4 is 11.6 Å². The molecule has 61 heavy (non-hydrogen) atoms. The van der Waals surface area contributed by atoms with Crippen LogP contribution in [0.2, 0.25) is 0 Å². The smallest absolute Gasteiger partial charge is 0.239 e. The van der Waals surface area contributed by atoms with Crippen LogP contribution in [0.15, 0.2) is 102 Å². The maximum Gasteiger partial charge on any atom is 0.239 e. The van der Waals surface area contributed by atoms with Gasteiger partial charge in [-0.25, -0.2) is 0 Å². The lowest BCUT2D eigenvalue weighted by Crippen LogP contribution is -2.70. The lowest BCUT2D eigenvalue weighted by atomic mass is 9.55. The predicted octanol–water partition coefficient (Wildman–Crippen LogP) is 11.0. The topological polar surface area (TPSA) is 110 Å². The van der Waals surface area contributed by atoms with Gasteiger partial charge in [0, 0.05) is 44.1 Å². The zero-order valence-corrected chi connectivity index (χ0v) is 36.5. The van der Waals surface area contributed by atoms with Crippen molar-refractivity contribution in [3.63, 3.8) is 0 Å². The summed E-state index contributed by atoms with van der Waals surface area (Å²) in [5.41, 5.74) is 5.19. The molecule has 7 rings (SSSR count). The van der Waals surface area contributed by atoms with Crippen LogP contribution in [0.1, 0.15) is 115 Å². The summed E-state index contributed by atoms with van der Waals surface area (Å²) < 4.78 is 21.2. The van der Waals surface area contributed by atoms with Crippen molar-refractivity contribution in [1.82, 2.24) is 4.90 Å². The van der Waals surface area contributed by atoms with Gasteiger partial charge in [-0.3, -0.25) is 4.79 Å². The Labute approximate surface area is 363 Å². The van der Waals surface area contributed by atoms with Crippen molar-refractivity contribution in [3.05, 3.63) is 103 Å². The van der Waals surface area contributed by atoms with Gasteiger partial charge in [0.2, 0.25) is 11.7 Å². The molecule has 9 heteroatoms. The first-order valence-electron chi connectivity index (χ1n) is 23.3. The third kappa shape index (κ3) is 10.1. The van der Waals surface area contributed by atoms with Gasteiger partial charge in [-0.15, -0.1) is 6.58 Å². The van der Waals surface area contributed by atoms with E-state index in [4.69, 9.17) is 24.2 Å². The molecular weight excluding hydrogens is 765 g/mol. The van der Waals surface area contributed by atoms with Crippen LogP contribution in [0.3, 0.4) is 0 Å². The van der Waals surface area contributed by atoms with E-state index in [0.29, 0.717) is 44.1 Å². The Bertz CT molecular complexity index is 1940. The molecule has 9 nitrogen and oxygen atoms in total. The predicted molar refractivity (Wildman–Crippen MR) is 242 cm³/mol. The number of carbonyl (C=O) groups is 1. The van der Waals surface area contributed by atoms with Crippen LogP contribution in [-0.4, -0.2) is 71.5 Å². The number of hydrogen-bond acceptors (Lipinski definition) is 8. The second-order valence-electron chi connectivity index (χ2n) is 17.5. The number of hydrogen-bond donors (Lipinski definition) is 2. The minimum atomic E-state index is -1.25. The maximum absolute atomic E-state index is 14.7. The summed E-state index contributed by atoms with van der Waals surface area (Å²) >= 11 is 0. The van der Waals surface area contributed by atoms with Crippen LogP contribution >= 0.6 is 0 Å². The van der Waals surface area contributed by atoms with Crippen molar-refractivity contribution in [2.45, 2.75) is 121 Å². The number of carbonyl (C=O) groups excluding carboxylic acids is 1. The zero-order chi connectivity index (χ0) is 42.6. The molecule has 4 aliphatic rings. The highest BCUT2D eigenvalue weighted by atomic mass is 16.7. The third-order valence-electron chi connectivity index (χ3n) is 13.5. The van der Waals surface area contributed by atoms with E-state index in [-0.39, 0.29) is 49.4 Å². The van der Waals surface area contributed by atoms with E-state index < -0.39 is 11.8 Å². The van der Waals surface area contributed by atoms with Crippen LogP contribution < -0.4 is 9.47 Å². The summed E-state index contributed by atoms with van der Waals surface area (Å²) in [4.78, 5) is 22.7. The summed E-state index contributed by atoms with van der Waals surface area (Å²) in [5, 5.41) is 24.7. The van der Waals surface area contributed by atoms with Crippen molar-refractivity contribution in [3.8, 4) is 28.4 Å². The fraction of sp³-hybridized carbons (Fsp3) is 0.538. The molecule has 1 amide bonds. The number of amides is 1. The highest BCUT2D eigenvalue weighted by Gasteiger charge is 2.65. The summed E-state index contributed by atoms with van der Waals surface area (Å²) in [6.45, 7) is 9.66. The van der Waals surface area contributed by atoms with Gasteiger partial charge in [-0.05, 0) is 110 Å². The molecule has 6 atom stereocenters. The second-order valence-corrected chi connectivity index (χ2v) is 17.5. The van der Waals surface area contributed by atoms with Gasteiger partial charge >= 0.3 is 0 Å². The highest BCUT2D eigenvalue weighted by molar-refractivity contribution is 6.03. The Hall–Kier alpha value is -4.44. The molecule has 2 fully saturated rings. The Balaban J connectivity index is 1.36. The standard InChI is InChI=1S/C52H68N2O7/c1-4-30-54(49(57)29-22-37-16-10-11-17-37)48-36-46(53-59-6-3)44-34-40(20-12-14-31-55)43(21-13-15-32-56)50-45-35-42(27-28-47(45)61-52(48,51(44)50)58-33-5-2)60-41-25-23-39(24-26-41)38-18-8-7-9-19-38/h5,7-9,18-19,23-28,34-35,37,40,43,48,50-51,55-56H,2,4,6,10-17,20-22,29-33,36H2,1,3H3/t40-,43+,48-,50+,51+,52+/m0/s1. The normalized spacial score (nSPS) is 25.0. The van der Waals surface area contributed by atoms with Gasteiger partial charge in [0.05, 0.1) is 18.2 Å². The van der Waals surface area contributed by atoms with Crippen LogP contribution in [0, 0.1) is 23.7 Å². The molecule has 0 bridgehead atoms. The van der Waals surface area contributed by atoms with E-state index in [0.717, 1.165) is 84.4 Å². The number of rotatable bonds is 22. The monoisotopic (exact) mass is 833 g/mol. The van der Waals surface area contributed by atoms with Gasteiger partial charge in [0.1, 0.15) is 29.9 Å². The summed E-state index contributed by atoms with van der Waals surface area (Å²) in [6, 6.07) is 24.2. The Morgan fingerprint density at radius 2 is 1.64 bits per heavy atom. The van der Waals surface area contributed by atoms with Crippen LogP contribution in [0.4, 0.5) is 0 Å². The number of ether oxygens (including phenoxy) is 3. The van der Waals surface area contributed by atoms with E-state index >= 15 is 0 Å². The van der Waals surface area contributed by atoms with Crippen molar-refractivity contribution in [2.75, 3.05) is 33.0 Å². The molecule has 3 aromatic rings. The SMILES string of the molecule is C=CCO[C@@]12Oc3ccc(Oc4ccc(-c5ccccc5)cc4)cc3[C@H]3[C@H](CCCCO)[C@@H](CCCCO)C=C(C(=NOCC)C[C@@H]1N(CCC)C(=O)CCC1CCCC1)[C@H]32. The summed E-state index contributed by atoms with van der Waals surface area (Å²) in [7, 11) is 0. The zero-order valence-electron chi connectivity index (χ0n) is 36.5. The van der Waals surface area contributed by atoms with Gasteiger partial charge in [-0.1, -0.05) is 105 Å². The number of benzene rings is 3. The minimum absolute atomic E-state index is 0.109. The molecule has 3 aromatic carbocycles. The lowest BCUT2D eigenvalue weighted by Gasteiger charge is -2.60. The molecule has 0 spiro atoms. The molecule has 1 heterocycles. The molecule has 0 radical (unpaired) electrons. The Morgan fingerprint density at radius 3 is 2.34 bits per heavy atom. The molecular formula is C52H68N2O7. The van der Waals surface area contributed by atoms with Crippen molar-refractivity contribution in [1.29, 1.82) is 0 Å². The second kappa shape index (κ2) is 21.6. The number of allylic oxidation sites excluding steroid dienone is 1. The molecule has 0 unspecified atom stereocenters. The minimum Gasteiger partial charge on any atom is -0.459 e. The Morgan fingerprint density at radius 1 is 0.918 bits per heavy atom. The third-order valence-corrected chi connectivity index (χ3v) is 13.5. The number of oxime groups is 1. The largest absolute Gasteiger partial charge is 0.459 e. The van der Waals surface area contributed by atoms with Crippen LogP contribution in [-0.2, 0) is 14.4 Å². The summed E-state index contributed by atoms with van der Waals surface area (Å²) in [6.07, 6.45) is 16.6. The van der Waals surface area contributed by atoms with Crippen LogP contribution in [0.25, 0.3) is 11.1 Å². The average molecular weight is 833 g/mol. The van der Waals surface area contributed by atoms with E-state index in [1.807, 2.05) is 49.4 Å². The van der Waals surface area contributed by atoms with Crippen LogP contribution in [0.5, 0.6) is 17.2 Å². The molecule has 0 aromatic heterocycles. The lowest BCUT2D eigenvalue weighted by molar-refractivity contribution is -0.257. The fourth-order valence-electron chi connectivity index (χ4n) is 10.8. The van der Waals surface area contributed by atoms with Gasteiger partial charge < -0.3 is 34.2 Å². The summed E-state index contributed by atoms with van der Waals surface area (Å²) in [5.74, 6) is 1.50. The molecule has 1 aliphatic heterocycles. The number of unbranched alkanes of at least 4 members (excludes halogenated alkanes) is 2. The quantitative estimate of drug-likeness (QED) is 0.0589. The molecule has 3 aliphatic carbocycles. The highest BCUT2D eigenvalue weighted by Crippen LogP contribution is 2.62. The fourth-order valence-corrected chi connectivity index (χ4v) is 10.8. The Kier molecular flexibility index (Phi) is 15.8. The van der Waals surface area contributed by atoms with E-state index in [1.165, 1.54) is 25.7 Å². The maximum atomic E-state index is 14.7. The first kappa shape index (κ1) is 44.6. The van der Waals surface area contributed by atoms with Gasteiger partial charge in [-0.2, -0.15) is 0 Å². The van der Waals surface area contributed by atoms with Gasteiger partial charge in [0.25, 0.3) is 0 Å². The van der Waals surface area contributed by atoms with Gasteiger partial charge in [0.15, 0.2) is 0 Å². The molecule has 328 valence electrons. The van der Waals surface area contributed by atoms with E-state index in [1.54, 1.807) is 6.08 Å². The molecule has 2 N–H and O–H groups in total. The number of aliphatic hydroxyl groups excluding tert-OH is 2. The van der Waals surface area contributed by atoms with E-state index in [9.17, 15) is 15.0 Å². The number of fused-ring (bicyclic) bond motifs is 2. The average Bonchev–Trinajstić information content (AvgIpc) is 3.82. The van der Waals surface area contributed by atoms with E-state index in [2.05, 4.69) is 54.8 Å².